The number of ketones is 1. The number of Topliss-reactive ketones (excluding diaryl/α,β-unsaturated/α-hetero) is 1. The van der Waals surface area contributed by atoms with E-state index in [9.17, 15) is 14.0 Å². The first-order valence-corrected chi connectivity index (χ1v) is 11.5. The predicted molar refractivity (Wildman–Crippen MR) is 128 cm³/mol. The third kappa shape index (κ3) is 5.54. The Balaban J connectivity index is 1.20. The summed E-state index contributed by atoms with van der Waals surface area (Å²) in [6.07, 6.45) is 5.73. The van der Waals surface area contributed by atoms with E-state index in [1.54, 1.807) is 12.1 Å². The lowest BCUT2D eigenvalue weighted by Gasteiger charge is -2.31. The molecule has 1 fully saturated rings. The molecule has 6 nitrogen and oxygen atoms in total. The van der Waals surface area contributed by atoms with Gasteiger partial charge in [0.25, 0.3) is 5.91 Å². The molecule has 1 amide bonds. The van der Waals surface area contributed by atoms with E-state index in [4.69, 9.17) is 9.47 Å². The average molecular weight is 465 g/mol. The Labute approximate surface area is 199 Å². The molecule has 34 heavy (non-hydrogen) atoms. The highest BCUT2D eigenvalue weighted by atomic mass is 19.1. The summed E-state index contributed by atoms with van der Waals surface area (Å²) in [6.45, 7) is 6.61. The highest BCUT2D eigenvalue weighted by Gasteiger charge is 2.31. The van der Waals surface area contributed by atoms with Crippen molar-refractivity contribution in [2.24, 2.45) is 0 Å². The van der Waals surface area contributed by atoms with Crippen molar-refractivity contribution in [2.75, 3.05) is 26.2 Å². The summed E-state index contributed by atoms with van der Waals surface area (Å²) >= 11 is 0. The normalized spacial score (nSPS) is 16.4. The molecule has 4 rings (SSSR count). The Morgan fingerprint density at radius 3 is 2.59 bits per heavy atom. The lowest BCUT2D eigenvalue weighted by atomic mass is 10.0. The molecule has 7 heteroatoms. The van der Waals surface area contributed by atoms with Crippen molar-refractivity contribution in [3.05, 3.63) is 82.9 Å². The topological polar surface area (TPSA) is 67.9 Å². The maximum Gasteiger partial charge on any atom is 0.251 e. The van der Waals surface area contributed by atoms with Gasteiger partial charge in [-0.2, -0.15) is 0 Å². The second-order valence-electron chi connectivity index (χ2n) is 8.73. The van der Waals surface area contributed by atoms with Crippen molar-refractivity contribution < 1.29 is 23.5 Å². The summed E-state index contributed by atoms with van der Waals surface area (Å²) in [5.74, 6) is 0.792. The number of piperidine rings is 1. The molecule has 2 aliphatic rings. The van der Waals surface area contributed by atoms with Crippen LogP contribution in [0.25, 0.3) is 0 Å². The van der Waals surface area contributed by atoms with E-state index in [1.165, 1.54) is 24.3 Å². The smallest absolute Gasteiger partial charge is 0.251 e. The maximum absolute atomic E-state index is 13.0. The molecular formula is C27H29FN2O4. The van der Waals surface area contributed by atoms with Gasteiger partial charge in [-0.3, -0.25) is 14.5 Å². The van der Waals surface area contributed by atoms with Gasteiger partial charge >= 0.3 is 0 Å². The van der Waals surface area contributed by atoms with E-state index in [0.717, 1.165) is 38.0 Å². The van der Waals surface area contributed by atoms with Gasteiger partial charge in [0, 0.05) is 31.2 Å². The fraction of sp³-hybridized carbons (Fsp3) is 0.333. The van der Waals surface area contributed by atoms with Gasteiger partial charge in [0.1, 0.15) is 29.5 Å². The molecule has 0 saturated carbocycles. The van der Waals surface area contributed by atoms with Crippen molar-refractivity contribution in [3.8, 4) is 11.5 Å². The van der Waals surface area contributed by atoms with Crippen LogP contribution in [0.4, 0.5) is 4.39 Å². The molecule has 2 aliphatic heterocycles. The molecule has 2 aromatic carbocycles. The SMILES string of the molecule is CC(C)=C1Oc2cccc(OC/C=C\CN3CCC(NC(=O)c4ccc(F)cc4)CC3)c2C1=O. The lowest BCUT2D eigenvalue weighted by Crippen LogP contribution is -2.44. The largest absolute Gasteiger partial charge is 0.489 e. The summed E-state index contributed by atoms with van der Waals surface area (Å²) in [6, 6.07) is 11.1. The number of nitrogens with zero attached hydrogens (tertiary/aromatic N) is 1. The monoisotopic (exact) mass is 464 g/mol. The third-order valence-electron chi connectivity index (χ3n) is 5.98. The predicted octanol–water partition coefficient (Wildman–Crippen LogP) is 4.52. The number of likely N-dealkylation sites (tertiary alicyclic amines) is 1. The number of halogens is 1. The number of rotatable bonds is 7. The number of carbonyl (C=O) groups is 2. The van der Waals surface area contributed by atoms with Crippen molar-refractivity contribution in [1.29, 1.82) is 0 Å². The van der Waals surface area contributed by atoms with Gasteiger partial charge in [-0.15, -0.1) is 0 Å². The minimum absolute atomic E-state index is 0.117. The molecule has 0 spiro atoms. The summed E-state index contributed by atoms with van der Waals surface area (Å²) in [5.41, 5.74) is 1.80. The number of ether oxygens (including phenoxy) is 2. The second-order valence-corrected chi connectivity index (χ2v) is 8.73. The van der Waals surface area contributed by atoms with Crippen molar-refractivity contribution in [1.82, 2.24) is 10.2 Å². The Morgan fingerprint density at radius 1 is 1.15 bits per heavy atom. The zero-order valence-electron chi connectivity index (χ0n) is 19.5. The average Bonchev–Trinajstić information content (AvgIpc) is 3.18. The molecular weight excluding hydrogens is 435 g/mol. The number of fused-ring (bicyclic) bond motifs is 1. The summed E-state index contributed by atoms with van der Waals surface area (Å²) < 4.78 is 24.5. The van der Waals surface area contributed by atoms with E-state index in [-0.39, 0.29) is 23.5 Å². The van der Waals surface area contributed by atoms with Crippen molar-refractivity contribution in [2.45, 2.75) is 32.7 Å². The fourth-order valence-electron chi connectivity index (χ4n) is 4.10. The highest BCUT2D eigenvalue weighted by molar-refractivity contribution is 6.14. The van der Waals surface area contributed by atoms with Crippen LogP contribution in [-0.4, -0.2) is 48.9 Å². The summed E-state index contributed by atoms with van der Waals surface area (Å²) in [4.78, 5) is 27.2. The van der Waals surface area contributed by atoms with Gasteiger partial charge in [-0.25, -0.2) is 4.39 Å². The van der Waals surface area contributed by atoms with Crippen LogP contribution >= 0.6 is 0 Å². The number of hydrogen-bond donors (Lipinski definition) is 1. The summed E-state index contributed by atoms with van der Waals surface area (Å²) in [7, 11) is 0. The van der Waals surface area contributed by atoms with Crippen LogP contribution in [-0.2, 0) is 0 Å². The molecule has 2 aromatic rings. The van der Waals surface area contributed by atoms with Gasteiger partial charge in [0.2, 0.25) is 5.78 Å². The zero-order chi connectivity index (χ0) is 24.1. The Morgan fingerprint density at radius 2 is 1.88 bits per heavy atom. The molecule has 0 radical (unpaired) electrons. The van der Waals surface area contributed by atoms with Crippen molar-refractivity contribution in [3.63, 3.8) is 0 Å². The molecule has 178 valence electrons. The molecule has 1 N–H and O–H groups in total. The first kappa shape index (κ1) is 23.7. The number of carbonyl (C=O) groups excluding carboxylic acids is 2. The third-order valence-corrected chi connectivity index (χ3v) is 5.98. The van der Waals surface area contributed by atoms with Gasteiger partial charge in [-0.1, -0.05) is 18.2 Å². The second kappa shape index (κ2) is 10.7. The van der Waals surface area contributed by atoms with Crippen LogP contribution in [0.5, 0.6) is 11.5 Å². The molecule has 0 atom stereocenters. The highest BCUT2D eigenvalue weighted by Crippen LogP contribution is 2.38. The number of benzene rings is 2. The van der Waals surface area contributed by atoms with Crippen LogP contribution in [0.15, 0.2) is 65.9 Å². The van der Waals surface area contributed by atoms with Crippen LogP contribution in [0, 0.1) is 5.82 Å². The quantitative estimate of drug-likeness (QED) is 0.482. The van der Waals surface area contributed by atoms with Crippen LogP contribution < -0.4 is 14.8 Å². The van der Waals surface area contributed by atoms with Gasteiger partial charge < -0.3 is 14.8 Å². The van der Waals surface area contributed by atoms with Crippen molar-refractivity contribution >= 4 is 11.7 Å². The first-order chi connectivity index (χ1) is 16.4. The van der Waals surface area contributed by atoms with Gasteiger partial charge in [-0.05, 0) is 68.7 Å². The molecule has 0 aromatic heterocycles. The number of amides is 1. The van der Waals surface area contributed by atoms with Crippen LogP contribution in [0.1, 0.15) is 47.4 Å². The first-order valence-electron chi connectivity index (χ1n) is 11.5. The number of hydrogen-bond acceptors (Lipinski definition) is 5. The minimum Gasteiger partial charge on any atom is -0.489 e. The van der Waals surface area contributed by atoms with Crippen LogP contribution in [0.2, 0.25) is 0 Å². The molecule has 0 aliphatic carbocycles. The fourth-order valence-corrected chi connectivity index (χ4v) is 4.10. The Kier molecular flexibility index (Phi) is 7.43. The minimum atomic E-state index is -0.351. The van der Waals surface area contributed by atoms with Crippen LogP contribution in [0.3, 0.4) is 0 Å². The summed E-state index contributed by atoms with van der Waals surface area (Å²) in [5, 5.41) is 3.04. The Hall–Kier alpha value is -3.45. The molecule has 0 unspecified atom stereocenters. The zero-order valence-corrected chi connectivity index (χ0v) is 19.5. The molecule has 1 saturated heterocycles. The molecule has 2 heterocycles. The van der Waals surface area contributed by atoms with E-state index in [0.29, 0.717) is 35.0 Å². The number of nitrogens with one attached hydrogen (secondary N) is 1. The lowest BCUT2D eigenvalue weighted by molar-refractivity contribution is 0.0913. The number of allylic oxidation sites excluding steroid dienone is 2. The molecule has 0 bridgehead atoms. The van der Waals surface area contributed by atoms with Gasteiger partial charge in [0.15, 0.2) is 5.76 Å². The van der Waals surface area contributed by atoms with E-state index >= 15 is 0 Å². The maximum atomic E-state index is 13.0. The van der Waals surface area contributed by atoms with E-state index in [1.807, 2.05) is 26.0 Å². The van der Waals surface area contributed by atoms with E-state index in [2.05, 4.69) is 16.3 Å². The van der Waals surface area contributed by atoms with E-state index < -0.39 is 0 Å². The Bertz CT molecular complexity index is 1110. The van der Waals surface area contributed by atoms with Gasteiger partial charge in [0.05, 0.1) is 0 Å². The standard InChI is InChI=1S/C27H29FN2O4/c1-18(2)26-25(31)24-22(6-5-7-23(24)34-26)33-17-4-3-14-30-15-12-21(13-16-30)29-27(32)19-8-10-20(28)11-9-19/h3-11,21H,12-17H2,1-2H3,(H,29,32)/b4-3-.